The van der Waals surface area contributed by atoms with Crippen molar-refractivity contribution in [3.05, 3.63) is 35.4 Å². The number of nitrogens with zero attached hydrogens (tertiary/aromatic N) is 2. The highest BCUT2D eigenvalue weighted by Gasteiger charge is 2.35. The standard InChI is InChI=1S/C18H26N2O3/c1-4-19-11-15(10-17(19)22)18(23)20(5-2)12-16(21)14-8-6-13(3)7-9-14/h6-9,15-16,21H,4-5,10-12H2,1-3H3. The number of hydrogen-bond donors (Lipinski definition) is 1. The maximum absolute atomic E-state index is 12.6. The molecule has 1 N–H and O–H groups in total. The molecule has 2 amide bonds. The van der Waals surface area contributed by atoms with Crippen molar-refractivity contribution < 1.29 is 14.7 Å². The molecule has 1 fully saturated rings. The van der Waals surface area contributed by atoms with Crippen molar-refractivity contribution >= 4 is 11.8 Å². The summed E-state index contributed by atoms with van der Waals surface area (Å²) in [6.45, 7) is 7.73. The molecule has 5 heteroatoms. The van der Waals surface area contributed by atoms with Gasteiger partial charge in [-0.3, -0.25) is 9.59 Å². The minimum absolute atomic E-state index is 0.0389. The topological polar surface area (TPSA) is 60.9 Å². The number of aryl methyl sites for hydroxylation is 1. The van der Waals surface area contributed by atoms with Crippen molar-refractivity contribution in [2.75, 3.05) is 26.2 Å². The summed E-state index contributed by atoms with van der Waals surface area (Å²) in [6, 6.07) is 7.67. The Morgan fingerprint density at radius 2 is 2.00 bits per heavy atom. The van der Waals surface area contributed by atoms with Crippen LogP contribution in [0.15, 0.2) is 24.3 Å². The lowest BCUT2D eigenvalue weighted by atomic mass is 10.0. The zero-order chi connectivity index (χ0) is 17.0. The zero-order valence-corrected chi connectivity index (χ0v) is 14.2. The monoisotopic (exact) mass is 318 g/mol. The highest BCUT2D eigenvalue weighted by atomic mass is 16.3. The van der Waals surface area contributed by atoms with E-state index in [1.807, 2.05) is 45.0 Å². The lowest BCUT2D eigenvalue weighted by Crippen LogP contribution is -2.39. The average molecular weight is 318 g/mol. The van der Waals surface area contributed by atoms with Gasteiger partial charge in [0, 0.05) is 26.1 Å². The second kappa shape index (κ2) is 7.59. The van der Waals surface area contributed by atoms with Gasteiger partial charge in [0.1, 0.15) is 0 Å². The van der Waals surface area contributed by atoms with Crippen LogP contribution < -0.4 is 0 Å². The van der Waals surface area contributed by atoms with Crippen LogP contribution in [0.3, 0.4) is 0 Å². The molecule has 5 nitrogen and oxygen atoms in total. The first-order valence-electron chi connectivity index (χ1n) is 8.27. The minimum Gasteiger partial charge on any atom is -0.387 e. The normalized spacial score (nSPS) is 19.0. The molecule has 1 heterocycles. The Balaban J connectivity index is 2.00. The van der Waals surface area contributed by atoms with Crippen molar-refractivity contribution in [2.45, 2.75) is 33.3 Å². The molecule has 1 aromatic carbocycles. The quantitative estimate of drug-likeness (QED) is 0.869. The maximum Gasteiger partial charge on any atom is 0.228 e. The summed E-state index contributed by atoms with van der Waals surface area (Å²) < 4.78 is 0. The number of aliphatic hydroxyl groups is 1. The molecule has 126 valence electrons. The predicted molar refractivity (Wildman–Crippen MR) is 88.8 cm³/mol. The number of aliphatic hydroxyl groups excluding tert-OH is 1. The van der Waals surface area contributed by atoms with E-state index in [-0.39, 0.29) is 30.7 Å². The first kappa shape index (κ1) is 17.5. The molecule has 0 radical (unpaired) electrons. The summed E-state index contributed by atoms with van der Waals surface area (Å²) in [5.74, 6) is -0.281. The third-order valence-electron chi connectivity index (χ3n) is 4.49. The van der Waals surface area contributed by atoms with Gasteiger partial charge in [-0.25, -0.2) is 0 Å². The van der Waals surface area contributed by atoms with E-state index in [0.717, 1.165) is 11.1 Å². The van der Waals surface area contributed by atoms with Gasteiger partial charge < -0.3 is 14.9 Å². The molecule has 1 aliphatic rings. The lowest BCUT2D eigenvalue weighted by Gasteiger charge is -2.26. The van der Waals surface area contributed by atoms with Gasteiger partial charge >= 0.3 is 0 Å². The molecule has 1 aliphatic heterocycles. The fourth-order valence-electron chi connectivity index (χ4n) is 2.98. The molecule has 0 bridgehead atoms. The lowest BCUT2D eigenvalue weighted by molar-refractivity contribution is -0.137. The number of rotatable bonds is 6. The molecular formula is C18H26N2O3. The number of carbonyl (C=O) groups excluding carboxylic acids is 2. The zero-order valence-electron chi connectivity index (χ0n) is 14.2. The Kier molecular flexibility index (Phi) is 5.77. The average Bonchev–Trinajstić information content (AvgIpc) is 2.93. The van der Waals surface area contributed by atoms with Crippen LogP contribution in [0.2, 0.25) is 0 Å². The fraction of sp³-hybridized carbons (Fsp3) is 0.556. The second-order valence-electron chi connectivity index (χ2n) is 6.14. The van der Waals surface area contributed by atoms with Crippen LogP contribution in [-0.2, 0) is 9.59 Å². The summed E-state index contributed by atoms with van der Waals surface area (Å²) >= 11 is 0. The predicted octanol–water partition coefficient (Wildman–Crippen LogP) is 1.75. The molecule has 0 aromatic heterocycles. The first-order chi connectivity index (χ1) is 11.0. The highest BCUT2D eigenvalue weighted by Crippen LogP contribution is 2.22. The van der Waals surface area contributed by atoms with Gasteiger partial charge in [-0.05, 0) is 26.3 Å². The van der Waals surface area contributed by atoms with E-state index in [1.54, 1.807) is 9.80 Å². The van der Waals surface area contributed by atoms with Crippen LogP contribution in [0.4, 0.5) is 0 Å². The number of carbonyl (C=O) groups is 2. The summed E-state index contributed by atoms with van der Waals surface area (Å²) in [5.41, 5.74) is 1.94. The van der Waals surface area contributed by atoms with Crippen LogP contribution in [0, 0.1) is 12.8 Å². The van der Waals surface area contributed by atoms with E-state index in [2.05, 4.69) is 0 Å². The van der Waals surface area contributed by atoms with Gasteiger partial charge in [0.2, 0.25) is 11.8 Å². The summed E-state index contributed by atoms with van der Waals surface area (Å²) in [7, 11) is 0. The Hall–Kier alpha value is -1.88. The molecule has 0 aliphatic carbocycles. The minimum atomic E-state index is -0.709. The van der Waals surface area contributed by atoms with Crippen LogP contribution >= 0.6 is 0 Å². The van der Waals surface area contributed by atoms with Gasteiger partial charge in [0.15, 0.2) is 0 Å². The molecule has 0 spiro atoms. The number of hydrogen-bond acceptors (Lipinski definition) is 3. The van der Waals surface area contributed by atoms with E-state index in [9.17, 15) is 14.7 Å². The number of benzene rings is 1. The van der Waals surface area contributed by atoms with Crippen molar-refractivity contribution in [3.63, 3.8) is 0 Å². The van der Waals surface area contributed by atoms with Gasteiger partial charge in [0.25, 0.3) is 0 Å². The summed E-state index contributed by atoms with van der Waals surface area (Å²) in [5, 5.41) is 10.4. The SMILES string of the molecule is CCN1CC(C(=O)N(CC)CC(O)c2ccc(C)cc2)CC1=O. The van der Waals surface area contributed by atoms with Crippen molar-refractivity contribution in [3.8, 4) is 0 Å². The molecule has 2 rings (SSSR count). The Labute approximate surface area is 137 Å². The molecule has 23 heavy (non-hydrogen) atoms. The van der Waals surface area contributed by atoms with Gasteiger partial charge in [0.05, 0.1) is 18.6 Å². The summed E-state index contributed by atoms with van der Waals surface area (Å²) in [6.07, 6.45) is -0.428. The summed E-state index contributed by atoms with van der Waals surface area (Å²) in [4.78, 5) is 27.8. The first-order valence-corrected chi connectivity index (χ1v) is 8.27. The van der Waals surface area contributed by atoms with E-state index < -0.39 is 6.10 Å². The third-order valence-corrected chi connectivity index (χ3v) is 4.49. The number of likely N-dealkylation sites (tertiary alicyclic amines) is 1. The Morgan fingerprint density at radius 1 is 1.35 bits per heavy atom. The molecular weight excluding hydrogens is 292 g/mol. The fourth-order valence-corrected chi connectivity index (χ4v) is 2.98. The van der Waals surface area contributed by atoms with E-state index in [4.69, 9.17) is 0 Å². The van der Waals surface area contributed by atoms with Crippen molar-refractivity contribution in [2.24, 2.45) is 5.92 Å². The molecule has 0 saturated carbocycles. The highest BCUT2D eigenvalue weighted by molar-refractivity contribution is 5.89. The van der Waals surface area contributed by atoms with E-state index in [0.29, 0.717) is 19.6 Å². The van der Waals surface area contributed by atoms with Gasteiger partial charge in [-0.1, -0.05) is 29.8 Å². The van der Waals surface area contributed by atoms with E-state index >= 15 is 0 Å². The van der Waals surface area contributed by atoms with Crippen molar-refractivity contribution in [1.82, 2.24) is 9.80 Å². The number of amides is 2. The van der Waals surface area contributed by atoms with Crippen LogP contribution in [0.25, 0.3) is 0 Å². The third kappa shape index (κ3) is 4.10. The second-order valence-corrected chi connectivity index (χ2v) is 6.14. The van der Waals surface area contributed by atoms with E-state index in [1.165, 1.54) is 0 Å². The maximum atomic E-state index is 12.6. The Morgan fingerprint density at radius 3 is 2.52 bits per heavy atom. The van der Waals surface area contributed by atoms with Crippen LogP contribution in [0.1, 0.15) is 37.5 Å². The van der Waals surface area contributed by atoms with Gasteiger partial charge in [-0.2, -0.15) is 0 Å². The molecule has 1 aromatic rings. The molecule has 1 saturated heterocycles. The molecule has 2 atom stereocenters. The molecule has 2 unspecified atom stereocenters. The Bertz CT molecular complexity index is 556. The van der Waals surface area contributed by atoms with Crippen LogP contribution in [-0.4, -0.2) is 52.9 Å². The van der Waals surface area contributed by atoms with Crippen molar-refractivity contribution in [1.29, 1.82) is 0 Å². The number of likely N-dealkylation sites (N-methyl/N-ethyl adjacent to an activating group) is 1. The smallest absolute Gasteiger partial charge is 0.228 e. The van der Waals surface area contributed by atoms with Gasteiger partial charge in [-0.15, -0.1) is 0 Å². The van der Waals surface area contributed by atoms with Crippen LogP contribution in [0.5, 0.6) is 0 Å². The largest absolute Gasteiger partial charge is 0.387 e.